The Morgan fingerprint density at radius 2 is 1.19 bits per heavy atom. The van der Waals surface area contributed by atoms with Crippen LogP contribution >= 0.6 is 0 Å². The third-order valence-corrected chi connectivity index (χ3v) is 10.3. The number of benzene rings is 5. The lowest BCUT2D eigenvalue weighted by Gasteiger charge is -2.30. The van der Waals surface area contributed by atoms with E-state index in [9.17, 15) is 19.5 Å². The molecule has 304 valence electrons. The molecule has 5 aromatic rings. The number of carbonyl (C=O) groups excluding carboxylic acids is 3. The first-order valence-electron chi connectivity index (χ1n) is 20.1. The Kier molecular flexibility index (Phi) is 16.5. The van der Waals surface area contributed by atoms with Crippen molar-refractivity contribution in [1.29, 1.82) is 0 Å². The highest BCUT2D eigenvalue weighted by Crippen LogP contribution is 2.34. The van der Waals surface area contributed by atoms with Crippen molar-refractivity contribution in [1.82, 2.24) is 4.90 Å². The zero-order valence-electron chi connectivity index (χ0n) is 34.3. The molecule has 0 spiro atoms. The number of ketones is 1. The van der Waals surface area contributed by atoms with E-state index in [1.165, 1.54) is 11.9 Å². The van der Waals surface area contributed by atoms with Gasteiger partial charge in [-0.1, -0.05) is 136 Å². The highest BCUT2D eigenvalue weighted by molar-refractivity contribution is 6.55. The summed E-state index contributed by atoms with van der Waals surface area (Å²) in [6, 6.07) is 38.5. The van der Waals surface area contributed by atoms with E-state index in [1.807, 2.05) is 141 Å². The van der Waals surface area contributed by atoms with Crippen molar-refractivity contribution in [3.63, 3.8) is 0 Å². The quantitative estimate of drug-likeness (QED) is 0.0322. The van der Waals surface area contributed by atoms with E-state index in [0.717, 1.165) is 39.8 Å². The fourth-order valence-corrected chi connectivity index (χ4v) is 6.66. The highest BCUT2D eigenvalue weighted by atomic mass is 16.5. The van der Waals surface area contributed by atoms with Gasteiger partial charge in [0.05, 0.1) is 0 Å². The van der Waals surface area contributed by atoms with Gasteiger partial charge in [-0.25, -0.2) is 4.79 Å². The third kappa shape index (κ3) is 13.2. The van der Waals surface area contributed by atoms with E-state index in [0.29, 0.717) is 42.9 Å². The highest BCUT2D eigenvalue weighted by Gasteiger charge is 2.33. The molecule has 0 N–H and O–H groups in total. The molecule has 59 heavy (non-hydrogen) atoms. The maximum absolute atomic E-state index is 14.2. The van der Waals surface area contributed by atoms with Crippen LogP contribution in [0.15, 0.2) is 132 Å². The second-order valence-corrected chi connectivity index (χ2v) is 14.8. The van der Waals surface area contributed by atoms with Gasteiger partial charge in [0.2, 0.25) is 5.91 Å². The summed E-state index contributed by atoms with van der Waals surface area (Å²) in [5.74, 6) is -1.03. The van der Waals surface area contributed by atoms with Crippen LogP contribution in [0.25, 0.3) is 11.1 Å². The molecule has 0 bridgehead atoms. The number of carbonyl (C=O) groups is 3. The summed E-state index contributed by atoms with van der Waals surface area (Å²) in [7, 11) is 6.97. The summed E-state index contributed by atoms with van der Waals surface area (Å²) in [6.07, 6.45) is 2.21. The lowest BCUT2D eigenvalue weighted by Crippen LogP contribution is -2.48. The summed E-state index contributed by atoms with van der Waals surface area (Å²) >= 11 is 0. The minimum absolute atomic E-state index is 0.000681. The van der Waals surface area contributed by atoms with Gasteiger partial charge in [0.15, 0.2) is 0 Å². The molecule has 9 nitrogen and oxygen atoms in total. The van der Waals surface area contributed by atoms with Gasteiger partial charge < -0.3 is 29.2 Å². The molecule has 10 heteroatoms. The molecule has 0 aliphatic rings. The Morgan fingerprint density at radius 1 is 0.712 bits per heavy atom. The van der Waals surface area contributed by atoms with Crippen molar-refractivity contribution in [2.75, 3.05) is 7.05 Å². The molecule has 0 saturated carbocycles. The second kappa shape index (κ2) is 22.1. The summed E-state index contributed by atoms with van der Waals surface area (Å²) in [4.78, 5) is 45.9. The van der Waals surface area contributed by atoms with Crippen LogP contribution in [0.4, 0.5) is 0 Å². The Morgan fingerprint density at radius 3 is 1.64 bits per heavy atom. The number of rotatable bonds is 21. The van der Waals surface area contributed by atoms with Crippen molar-refractivity contribution in [3.05, 3.63) is 155 Å². The number of nitrogens with zero attached hydrogens (tertiary/aromatic N) is 2. The molecule has 0 aliphatic carbocycles. The molecule has 1 amide bonds. The van der Waals surface area contributed by atoms with Crippen molar-refractivity contribution < 1.29 is 33.7 Å². The number of aliphatic imine (C=N–C) groups is 1. The van der Waals surface area contributed by atoms with Crippen LogP contribution in [0.5, 0.6) is 11.5 Å². The lowest BCUT2D eigenvalue weighted by atomic mass is 9.93. The number of amides is 1. The molecule has 0 unspecified atom stereocenters. The number of unbranched alkanes of at least 4 members (excludes halogenated alkanes) is 1. The van der Waals surface area contributed by atoms with Gasteiger partial charge >= 0.3 is 5.97 Å². The zero-order chi connectivity index (χ0) is 42.1. The molecule has 5 aromatic carbocycles. The number of hydrogen-bond donors (Lipinski definition) is 0. The first kappa shape index (κ1) is 44.0. The van der Waals surface area contributed by atoms with Crippen LogP contribution in [0.2, 0.25) is 0 Å². The van der Waals surface area contributed by atoms with Crippen molar-refractivity contribution in [2.24, 2.45) is 10.9 Å². The van der Waals surface area contributed by atoms with E-state index >= 15 is 0 Å². The van der Waals surface area contributed by atoms with Gasteiger partial charge in [-0.05, 0) is 83.0 Å². The number of Topliss-reactive ketones (excluding diaryl/α,β-unsaturated/α-hetero) is 1. The van der Waals surface area contributed by atoms with Gasteiger partial charge in [-0.2, -0.15) is 0 Å². The summed E-state index contributed by atoms with van der Waals surface area (Å²) in [5.41, 5.74) is 6.00. The summed E-state index contributed by atoms with van der Waals surface area (Å²) < 4.78 is 18.6. The van der Waals surface area contributed by atoms with Crippen LogP contribution in [0.1, 0.15) is 67.9 Å². The maximum Gasteiger partial charge on any atom is 0.329 e. The molecule has 0 heterocycles. The molecular weight excluding hydrogens is 739 g/mol. The van der Waals surface area contributed by atoms with Gasteiger partial charge in [-0.15, -0.1) is 0 Å². The Hall–Kier alpha value is -6.16. The summed E-state index contributed by atoms with van der Waals surface area (Å²) in [6.45, 7) is 6.12. The van der Waals surface area contributed by atoms with E-state index < -0.39 is 29.8 Å². The normalized spacial score (nSPS) is 12.8. The minimum atomic E-state index is -1.12. The minimum Gasteiger partial charge on any atom is -0.870 e. The van der Waals surface area contributed by atoms with Crippen molar-refractivity contribution >= 4 is 31.3 Å². The standard InChI is InChI=1S/C49H53BN2O7/c1-5-6-22-43(51-49(50)56)47(54)52(4)44(48(55)59-33-38-20-14-9-15-21-38)30-42-29-40(24-26-46(42)58-32-37-18-12-8-13-19-37)39-23-25-45(41(28-39)27-34(2)35(3)53)57-31-36-16-10-7-11-17-36/h7-21,23-26,28-29,34,43-44H,5-6,22,27,30-33H2,1-4H3,(H,51,56)/p-1/t34-,43-,44-/m0/s1. The monoisotopic (exact) mass is 791 g/mol. The van der Waals surface area contributed by atoms with Gasteiger partial charge in [0.1, 0.15) is 57.0 Å². The van der Waals surface area contributed by atoms with Gasteiger partial charge in [-0.3, -0.25) is 9.59 Å². The van der Waals surface area contributed by atoms with Crippen LogP contribution < -0.4 is 14.6 Å². The first-order chi connectivity index (χ1) is 28.5. The zero-order valence-corrected chi connectivity index (χ0v) is 34.3. The average Bonchev–Trinajstić information content (AvgIpc) is 3.25. The van der Waals surface area contributed by atoms with Crippen LogP contribution in [0.3, 0.4) is 0 Å². The number of likely N-dealkylation sites (N-methyl/N-ethyl adjacent to an activating group) is 1. The van der Waals surface area contributed by atoms with E-state index in [4.69, 9.17) is 22.1 Å². The van der Waals surface area contributed by atoms with Crippen LogP contribution in [-0.4, -0.2) is 55.3 Å². The van der Waals surface area contributed by atoms with E-state index in [2.05, 4.69) is 4.99 Å². The van der Waals surface area contributed by atoms with Crippen LogP contribution in [0, 0.1) is 5.92 Å². The van der Waals surface area contributed by atoms with Gasteiger partial charge in [0, 0.05) is 19.4 Å². The molecule has 0 fully saturated rings. The van der Waals surface area contributed by atoms with Crippen molar-refractivity contribution in [3.8, 4) is 22.6 Å². The van der Waals surface area contributed by atoms with E-state index in [-0.39, 0.29) is 31.3 Å². The Balaban J connectivity index is 1.55. The molecule has 0 saturated heterocycles. The Bertz CT molecular complexity index is 2160. The molecule has 0 aliphatic heterocycles. The fraction of sp³-hybridized carbons (Fsp3) is 0.306. The van der Waals surface area contributed by atoms with Crippen LogP contribution in [-0.2, 0) is 51.8 Å². The lowest BCUT2D eigenvalue weighted by molar-refractivity contribution is -0.208. The second-order valence-electron chi connectivity index (χ2n) is 14.8. The smallest absolute Gasteiger partial charge is 0.329 e. The topological polar surface area (TPSA) is 118 Å². The largest absolute Gasteiger partial charge is 0.870 e. The predicted octanol–water partition coefficient (Wildman–Crippen LogP) is 7.84. The molecule has 2 radical (unpaired) electrons. The number of hydrogen-bond acceptors (Lipinski definition) is 8. The Labute approximate surface area is 349 Å². The van der Waals surface area contributed by atoms with Crippen molar-refractivity contribution in [2.45, 2.75) is 84.8 Å². The number of esters is 1. The average molecular weight is 792 g/mol. The molecule has 5 rings (SSSR count). The molecule has 0 aromatic heterocycles. The third-order valence-electron chi connectivity index (χ3n) is 10.3. The van der Waals surface area contributed by atoms with E-state index in [1.54, 1.807) is 6.92 Å². The SMILES string of the molecule is [B]C([O-])=N[C@@H](CCCC)C(=O)N(C)[C@@H](Cc1cc(-c2ccc(OCc3ccccc3)c(C[C@H](C)C(C)=O)c2)ccc1OCc1ccccc1)C(=O)OCc1ccccc1. The summed E-state index contributed by atoms with van der Waals surface area (Å²) in [5, 5.41) is 12.0. The predicted molar refractivity (Wildman–Crippen MR) is 230 cm³/mol. The molecule has 3 atom stereocenters. The number of ether oxygens (including phenoxy) is 3. The molecular formula is C49H52BN2O7-. The maximum atomic E-state index is 14.2. The fourth-order valence-electron chi connectivity index (χ4n) is 6.66. The van der Waals surface area contributed by atoms with Gasteiger partial charge in [0.25, 0.3) is 0 Å². The first-order valence-corrected chi connectivity index (χ1v) is 20.1.